The fraction of sp³-hybridized carbons (Fsp3) is 0.364. The van der Waals surface area contributed by atoms with Crippen LogP contribution in [0.1, 0.15) is 54.2 Å². The van der Waals surface area contributed by atoms with Gasteiger partial charge < -0.3 is 10.6 Å². The highest BCUT2D eigenvalue weighted by atomic mass is 79.9. The number of halogens is 1. The summed E-state index contributed by atoms with van der Waals surface area (Å²) in [5, 5.41) is 6.07. The maximum atomic E-state index is 13.0. The smallest absolute Gasteiger partial charge is 0.253 e. The van der Waals surface area contributed by atoms with Crippen molar-refractivity contribution in [2.45, 2.75) is 45.2 Å². The Balaban J connectivity index is 1.73. The predicted molar refractivity (Wildman–Crippen MR) is 110 cm³/mol. The van der Waals surface area contributed by atoms with Crippen LogP contribution in [0.25, 0.3) is 0 Å². The van der Waals surface area contributed by atoms with Crippen molar-refractivity contribution < 1.29 is 9.59 Å². The van der Waals surface area contributed by atoms with Gasteiger partial charge >= 0.3 is 0 Å². The first kappa shape index (κ1) is 19.6. The lowest BCUT2D eigenvalue weighted by Gasteiger charge is -2.29. The van der Waals surface area contributed by atoms with Crippen LogP contribution in [0.2, 0.25) is 0 Å². The molecule has 0 fully saturated rings. The van der Waals surface area contributed by atoms with E-state index in [2.05, 4.69) is 38.7 Å². The van der Waals surface area contributed by atoms with Gasteiger partial charge in [-0.15, -0.1) is 0 Å². The number of aryl methyl sites for hydroxylation is 1. The van der Waals surface area contributed by atoms with E-state index >= 15 is 0 Å². The summed E-state index contributed by atoms with van der Waals surface area (Å²) >= 11 is 3.40. The molecule has 142 valence electrons. The van der Waals surface area contributed by atoms with E-state index in [9.17, 15) is 9.59 Å². The molecule has 1 aliphatic carbocycles. The van der Waals surface area contributed by atoms with Crippen LogP contribution in [0, 0.1) is 5.92 Å². The molecule has 0 radical (unpaired) electrons. The zero-order valence-electron chi connectivity index (χ0n) is 15.7. The summed E-state index contributed by atoms with van der Waals surface area (Å²) in [7, 11) is 0. The van der Waals surface area contributed by atoms with Crippen molar-refractivity contribution >= 4 is 27.7 Å². The third-order valence-corrected chi connectivity index (χ3v) is 5.73. The van der Waals surface area contributed by atoms with E-state index in [1.54, 1.807) is 6.07 Å². The Morgan fingerprint density at radius 1 is 1.07 bits per heavy atom. The molecular weight excluding hydrogens is 404 g/mol. The van der Waals surface area contributed by atoms with Gasteiger partial charge in [-0.2, -0.15) is 0 Å². The Hall–Kier alpha value is -2.14. The molecule has 1 aliphatic rings. The third kappa shape index (κ3) is 4.59. The first-order valence-corrected chi connectivity index (χ1v) is 10.2. The van der Waals surface area contributed by atoms with Gasteiger partial charge in [0, 0.05) is 4.47 Å². The van der Waals surface area contributed by atoms with Gasteiger partial charge in [-0.25, -0.2) is 0 Å². The van der Waals surface area contributed by atoms with E-state index in [0.29, 0.717) is 10.0 Å². The molecule has 3 rings (SSSR count). The molecule has 2 atom stereocenters. The highest BCUT2D eigenvalue weighted by Crippen LogP contribution is 2.29. The van der Waals surface area contributed by atoms with Crippen molar-refractivity contribution in [3.63, 3.8) is 0 Å². The van der Waals surface area contributed by atoms with Gasteiger partial charge in [-0.3, -0.25) is 9.59 Å². The molecule has 0 spiro atoms. The van der Waals surface area contributed by atoms with Crippen LogP contribution in [0.4, 0.5) is 0 Å². The third-order valence-electron chi connectivity index (χ3n) is 5.04. The summed E-state index contributed by atoms with van der Waals surface area (Å²) in [4.78, 5) is 25.6. The number of hydrogen-bond acceptors (Lipinski definition) is 2. The first-order valence-electron chi connectivity index (χ1n) is 9.41. The van der Waals surface area contributed by atoms with Crippen LogP contribution in [0.3, 0.4) is 0 Å². The second-order valence-corrected chi connectivity index (χ2v) is 8.18. The molecule has 0 saturated carbocycles. The maximum Gasteiger partial charge on any atom is 0.253 e. The molecule has 27 heavy (non-hydrogen) atoms. The molecule has 0 saturated heterocycles. The van der Waals surface area contributed by atoms with E-state index < -0.39 is 6.04 Å². The summed E-state index contributed by atoms with van der Waals surface area (Å²) < 4.78 is 0.714. The lowest BCUT2D eigenvalue weighted by molar-refractivity contribution is -0.124. The number of carbonyl (C=O) groups excluding carboxylic acids is 2. The van der Waals surface area contributed by atoms with Gasteiger partial charge in [0.15, 0.2) is 0 Å². The minimum atomic E-state index is -0.585. The lowest BCUT2D eigenvalue weighted by Crippen LogP contribution is -2.50. The molecule has 0 unspecified atom stereocenters. The molecule has 2 amide bonds. The molecule has 5 heteroatoms. The summed E-state index contributed by atoms with van der Waals surface area (Å²) in [5.74, 6) is -0.400. The molecule has 2 aromatic carbocycles. The topological polar surface area (TPSA) is 58.2 Å². The van der Waals surface area contributed by atoms with Crippen LogP contribution in [-0.4, -0.2) is 17.9 Å². The van der Waals surface area contributed by atoms with E-state index in [-0.39, 0.29) is 23.8 Å². The summed E-state index contributed by atoms with van der Waals surface area (Å²) in [6, 6.07) is 14.9. The van der Waals surface area contributed by atoms with Crippen molar-refractivity contribution in [3.8, 4) is 0 Å². The zero-order valence-corrected chi connectivity index (χ0v) is 17.3. The number of amides is 2. The standard InChI is InChI=1S/C22H25BrN2O2/c1-14(2)20(25-21(26)17-11-5-6-12-18(17)23)22(27)24-19-13-7-9-15-8-3-4-10-16(15)19/h3-6,8,10-12,14,19-20H,7,9,13H2,1-2H3,(H,24,27)(H,25,26)/t19-,20+/m0/s1. The van der Waals surface area contributed by atoms with Gasteiger partial charge in [0.25, 0.3) is 5.91 Å². The summed E-state index contributed by atoms with van der Waals surface area (Å²) in [6.07, 6.45) is 3.03. The lowest BCUT2D eigenvalue weighted by atomic mass is 9.87. The van der Waals surface area contributed by atoms with Gasteiger partial charge in [-0.05, 0) is 64.4 Å². The average Bonchev–Trinajstić information content (AvgIpc) is 2.66. The zero-order chi connectivity index (χ0) is 19.4. The molecule has 0 aliphatic heterocycles. The molecular formula is C22H25BrN2O2. The van der Waals surface area contributed by atoms with E-state index in [1.165, 1.54) is 11.1 Å². The Bertz CT molecular complexity index is 835. The van der Waals surface area contributed by atoms with Crippen molar-refractivity contribution in [1.82, 2.24) is 10.6 Å². The Kier molecular flexibility index (Phi) is 6.32. The summed E-state index contributed by atoms with van der Waals surface area (Å²) in [6.45, 7) is 3.89. The minimum absolute atomic E-state index is 0.00376. The minimum Gasteiger partial charge on any atom is -0.347 e. The predicted octanol–water partition coefficient (Wildman–Crippen LogP) is 4.40. The SMILES string of the molecule is CC(C)[C@@H](NC(=O)c1ccccc1Br)C(=O)N[C@H]1CCCc2ccccc21. The van der Waals surface area contributed by atoms with Gasteiger partial charge in [-0.1, -0.05) is 50.2 Å². The van der Waals surface area contributed by atoms with Gasteiger partial charge in [0.1, 0.15) is 6.04 Å². The molecule has 0 aromatic heterocycles. The number of hydrogen-bond donors (Lipinski definition) is 2. The molecule has 2 aromatic rings. The van der Waals surface area contributed by atoms with Gasteiger partial charge in [0.2, 0.25) is 5.91 Å². The largest absolute Gasteiger partial charge is 0.347 e. The second kappa shape index (κ2) is 8.70. The average molecular weight is 429 g/mol. The first-order chi connectivity index (χ1) is 13.0. The highest BCUT2D eigenvalue weighted by molar-refractivity contribution is 9.10. The van der Waals surface area contributed by atoms with Crippen molar-refractivity contribution in [2.75, 3.05) is 0 Å². The van der Waals surface area contributed by atoms with Crippen LogP contribution in [-0.2, 0) is 11.2 Å². The van der Waals surface area contributed by atoms with E-state index in [4.69, 9.17) is 0 Å². The number of nitrogens with one attached hydrogen (secondary N) is 2. The quantitative estimate of drug-likeness (QED) is 0.741. The van der Waals surface area contributed by atoms with Crippen molar-refractivity contribution in [2.24, 2.45) is 5.92 Å². The fourth-order valence-electron chi connectivity index (χ4n) is 3.56. The molecule has 2 N–H and O–H groups in total. The number of fused-ring (bicyclic) bond motifs is 1. The highest BCUT2D eigenvalue weighted by Gasteiger charge is 2.29. The molecule has 0 heterocycles. The van der Waals surface area contributed by atoms with Gasteiger partial charge in [0.05, 0.1) is 11.6 Å². The van der Waals surface area contributed by atoms with E-state index in [0.717, 1.165) is 19.3 Å². The van der Waals surface area contributed by atoms with E-state index in [1.807, 2.05) is 44.2 Å². The Morgan fingerprint density at radius 3 is 2.52 bits per heavy atom. The number of benzene rings is 2. The van der Waals surface area contributed by atoms with Crippen molar-refractivity contribution in [1.29, 1.82) is 0 Å². The molecule has 4 nitrogen and oxygen atoms in total. The normalized spacial score (nSPS) is 17.1. The fourth-order valence-corrected chi connectivity index (χ4v) is 4.03. The maximum absolute atomic E-state index is 13.0. The molecule has 0 bridgehead atoms. The van der Waals surface area contributed by atoms with Crippen LogP contribution in [0.5, 0.6) is 0 Å². The van der Waals surface area contributed by atoms with Crippen LogP contribution >= 0.6 is 15.9 Å². The Morgan fingerprint density at radius 2 is 1.78 bits per heavy atom. The van der Waals surface area contributed by atoms with Crippen LogP contribution in [0.15, 0.2) is 53.0 Å². The van der Waals surface area contributed by atoms with Crippen molar-refractivity contribution in [3.05, 3.63) is 69.7 Å². The Labute approximate surface area is 168 Å². The number of rotatable bonds is 5. The van der Waals surface area contributed by atoms with Crippen LogP contribution < -0.4 is 10.6 Å². The summed E-state index contributed by atoms with van der Waals surface area (Å²) in [5.41, 5.74) is 3.02. The second-order valence-electron chi connectivity index (χ2n) is 7.33. The number of carbonyl (C=O) groups is 2. The monoisotopic (exact) mass is 428 g/mol.